The first-order valence-electron chi connectivity index (χ1n) is 9.43. The zero-order valence-electron chi connectivity index (χ0n) is 16.7. The molecule has 4 rings (SSSR count). The molecule has 1 aromatic heterocycles. The molecule has 0 unspecified atom stereocenters. The Balaban J connectivity index is 1.71. The number of aryl methyl sites for hydroxylation is 3. The summed E-state index contributed by atoms with van der Waals surface area (Å²) in [5.74, 6) is 0.132. The zero-order chi connectivity index (χ0) is 20.5. The second kappa shape index (κ2) is 7.36. The molecule has 0 saturated heterocycles. The van der Waals surface area contributed by atoms with Gasteiger partial charge in [0.1, 0.15) is 0 Å². The van der Waals surface area contributed by atoms with Gasteiger partial charge in [-0.2, -0.15) is 0 Å². The predicted molar refractivity (Wildman–Crippen MR) is 118 cm³/mol. The zero-order valence-corrected chi connectivity index (χ0v) is 16.7. The van der Waals surface area contributed by atoms with Gasteiger partial charge in [0.25, 0.3) is 5.91 Å². The lowest BCUT2D eigenvalue weighted by atomic mass is 9.96. The van der Waals surface area contributed by atoms with Gasteiger partial charge in [-0.3, -0.25) is 4.79 Å². The van der Waals surface area contributed by atoms with Gasteiger partial charge in [0.15, 0.2) is 0 Å². The molecule has 3 aromatic carbocycles. The van der Waals surface area contributed by atoms with Crippen LogP contribution in [0.1, 0.15) is 27.0 Å². The number of para-hydroxylation sites is 1. The summed E-state index contributed by atoms with van der Waals surface area (Å²) in [6.07, 6.45) is 1.72. The van der Waals surface area contributed by atoms with Crippen molar-refractivity contribution in [1.82, 2.24) is 9.97 Å². The number of aromatic nitrogens is 2. The highest BCUT2D eigenvalue weighted by Crippen LogP contribution is 2.28. The molecule has 0 spiro atoms. The van der Waals surface area contributed by atoms with E-state index in [0.717, 1.165) is 44.4 Å². The molecule has 0 atom stereocenters. The summed E-state index contributed by atoms with van der Waals surface area (Å²) >= 11 is 0. The maximum absolute atomic E-state index is 12.9. The topological polar surface area (TPSA) is 80.9 Å². The third kappa shape index (κ3) is 3.67. The quantitative estimate of drug-likeness (QED) is 0.519. The van der Waals surface area contributed by atoms with Crippen LogP contribution in [-0.2, 0) is 0 Å². The maximum atomic E-state index is 12.9. The normalized spacial score (nSPS) is 10.9. The summed E-state index contributed by atoms with van der Waals surface area (Å²) in [7, 11) is 0. The highest BCUT2D eigenvalue weighted by molar-refractivity contribution is 6.06. The molecule has 1 amide bonds. The third-order valence-electron chi connectivity index (χ3n) is 5.13. The van der Waals surface area contributed by atoms with E-state index in [4.69, 9.17) is 5.73 Å². The number of anilines is 2. The summed E-state index contributed by atoms with van der Waals surface area (Å²) in [6, 6.07) is 17.7. The molecule has 0 bridgehead atoms. The van der Waals surface area contributed by atoms with Gasteiger partial charge in [-0.25, -0.2) is 9.97 Å². The average molecular weight is 382 g/mol. The number of hydrogen-bond donors (Lipinski definition) is 2. The van der Waals surface area contributed by atoms with Crippen molar-refractivity contribution < 1.29 is 4.79 Å². The fraction of sp³-hybridized carbons (Fsp3) is 0.125. The molecule has 5 nitrogen and oxygen atoms in total. The van der Waals surface area contributed by atoms with E-state index in [2.05, 4.69) is 15.3 Å². The lowest BCUT2D eigenvalue weighted by Crippen LogP contribution is -2.14. The Morgan fingerprint density at radius 1 is 0.931 bits per heavy atom. The number of rotatable bonds is 3. The molecular formula is C24H22N4O. The number of benzene rings is 3. The molecule has 0 radical (unpaired) electrons. The summed E-state index contributed by atoms with van der Waals surface area (Å²) < 4.78 is 0. The smallest absolute Gasteiger partial charge is 0.255 e. The maximum Gasteiger partial charge on any atom is 0.255 e. The summed E-state index contributed by atoms with van der Waals surface area (Å²) in [5.41, 5.74) is 13.1. The number of carbonyl (C=O) groups is 1. The monoisotopic (exact) mass is 382 g/mol. The predicted octanol–water partition coefficient (Wildman–Crippen LogP) is 5.06. The van der Waals surface area contributed by atoms with Crippen LogP contribution in [0.25, 0.3) is 22.0 Å². The minimum atomic E-state index is -0.124. The minimum Gasteiger partial charge on any atom is -0.368 e. The molecule has 0 saturated carbocycles. The average Bonchev–Trinajstić information content (AvgIpc) is 2.70. The molecule has 4 aromatic rings. The Kier molecular flexibility index (Phi) is 4.72. The summed E-state index contributed by atoms with van der Waals surface area (Å²) in [5, 5.41) is 3.96. The Morgan fingerprint density at radius 3 is 2.45 bits per heavy atom. The summed E-state index contributed by atoms with van der Waals surface area (Å²) in [4.78, 5) is 21.2. The van der Waals surface area contributed by atoms with E-state index in [1.54, 1.807) is 6.20 Å². The molecule has 0 aliphatic heterocycles. The van der Waals surface area contributed by atoms with E-state index in [9.17, 15) is 4.79 Å². The fourth-order valence-electron chi connectivity index (χ4n) is 3.49. The van der Waals surface area contributed by atoms with Crippen molar-refractivity contribution in [2.45, 2.75) is 20.8 Å². The Labute approximate surface area is 169 Å². The summed E-state index contributed by atoms with van der Waals surface area (Å²) in [6.45, 7) is 6.02. The van der Waals surface area contributed by atoms with Crippen LogP contribution < -0.4 is 11.1 Å². The van der Waals surface area contributed by atoms with E-state index in [1.807, 2.05) is 75.4 Å². The van der Waals surface area contributed by atoms with Gasteiger partial charge < -0.3 is 11.1 Å². The van der Waals surface area contributed by atoms with Crippen LogP contribution >= 0.6 is 0 Å². The first-order chi connectivity index (χ1) is 13.9. The van der Waals surface area contributed by atoms with Gasteiger partial charge in [0.05, 0.1) is 5.52 Å². The molecule has 0 aliphatic rings. The minimum absolute atomic E-state index is 0.124. The first kappa shape index (κ1) is 18.6. The number of nitrogens with zero attached hydrogens (tertiary/aromatic N) is 2. The molecule has 1 heterocycles. The lowest BCUT2D eigenvalue weighted by molar-refractivity contribution is 0.102. The van der Waals surface area contributed by atoms with E-state index in [1.165, 1.54) is 0 Å². The van der Waals surface area contributed by atoms with Gasteiger partial charge >= 0.3 is 0 Å². The van der Waals surface area contributed by atoms with Crippen molar-refractivity contribution in [1.29, 1.82) is 0 Å². The van der Waals surface area contributed by atoms with Crippen molar-refractivity contribution in [2.75, 3.05) is 11.1 Å². The van der Waals surface area contributed by atoms with E-state index in [-0.39, 0.29) is 11.9 Å². The number of carbonyl (C=O) groups excluding carboxylic acids is 1. The van der Waals surface area contributed by atoms with Crippen LogP contribution in [0.2, 0.25) is 0 Å². The second-order valence-electron chi connectivity index (χ2n) is 7.25. The number of hydrogen-bond acceptors (Lipinski definition) is 4. The Bertz CT molecular complexity index is 1230. The van der Waals surface area contributed by atoms with Gasteiger partial charge in [-0.1, -0.05) is 30.3 Å². The van der Waals surface area contributed by atoms with Gasteiger partial charge in [0, 0.05) is 22.8 Å². The molecule has 0 fully saturated rings. The molecule has 29 heavy (non-hydrogen) atoms. The van der Waals surface area contributed by atoms with E-state index in [0.29, 0.717) is 5.56 Å². The largest absolute Gasteiger partial charge is 0.368 e. The van der Waals surface area contributed by atoms with Crippen LogP contribution in [0.15, 0.2) is 60.8 Å². The molecule has 144 valence electrons. The Hall–Kier alpha value is -3.73. The van der Waals surface area contributed by atoms with Gasteiger partial charge in [-0.05, 0) is 72.9 Å². The molecule has 3 N–H and O–H groups in total. The number of amides is 1. The first-order valence-corrected chi connectivity index (χ1v) is 9.43. The van der Waals surface area contributed by atoms with Crippen LogP contribution in [0.3, 0.4) is 0 Å². The van der Waals surface area contributed by atoms with Gasteiger partial charge in [0.2, 0.25) is 5.95 Å². The third-order valence-corrected chi connectivity index (χ3v) is 5.13. The highest BCUT2D eigenvalue weighted by Gasteiger charge is 2.13. The number of fused-ring (bicyclic) bond motifs is 1. The van der Waals surface area contributed by atoms with Crippen LogP contribution in [-0.4, -0.2) is 15.9 Å². The van der Waals surface area contributed by atoms with Crippen LogP contribution in [0.4, 0.5) is 11.6 Å². The van der Waals surface area contributed by atoms with Crippen molar-refractivity contribution in [3.63, 3.8) is 0 Å². The van der Waals surface area contributed by atoms with Crippen molar-refractivity contribution in [2.24, 2.45) is 0 Å². The number of nitrogens with two attached hydrogens (primary N) is 1. The number of nitrogen functional groups attached to an aromatic ring is 1. The molecular weight excluding hydrogens is 360 g/mol. The van der Waals surface area contributed by atoms with Crippen molar-refractivity contribution in [3.8, 4) is 11.1 Å². The van der Waals surface area contributed by atoms with E-state index < -0.39 is 0 Å². The second-order valence-corrected chi connectivity index (χ2v) is 7.25. The number of nitrogens with one attached hydrogen (secondary N) is 1. The highest BCUT2D eigenvalue weighted by atomic mass is 16.1. The standard InChI is InChI=1S/C24H22N4O/c1-14-7-8-18(23(29)28-22-15(2)5-4-6-16(22)3)12-20(14)17-9-10-21-19(11-17)13-26-24(25)27-21/h4-13H,1-3H3,(H,28,29)(H2,25,26,27). The van der Waals surface area contributed by atoms with Crippen molar-refractivity contribution >= 4 is 28.4 Å². The fourth-order valence-corrected chi connectivity index (χ4v) is 3.49. The Morgan fingerprint density at radius 2 is 1.69 bits per heavy atom. The lowest BCUT2D eigenvalue weighted by Gasteiger charge is -2.13. The molecule has 0 aliphatic carbocycles. The molecule has 5 heteroatoms. The van der Waals surface area contributed by atoms with E-state index >= 15 is 0 Å². The van der Waals surface area contributed by atoms with Gasteiger partial charge in [-0.15, -0.1) is 0 Å². The van der Waals surface area contributed by atoms with Crippen LogP contribution in [0, 0.1) is 20.8 Å². The van der Waals surface area contributed by atoms with Crippen molar-refractivity contribution in [3.05, 3.63) is 83.0 Å². The van der Waals surface area contributed by atoms with Crippen LogP contribution in [0.5, 0.6) is 0 Å². The SMILES string of the molecule is Cc1ccc(C(=O)Nc2c(C)cccc2C)cc1-c1ccc2nc(N)ncc2c1.